The van der Waals surface area contributed by atoms with Gasteiger partial charge in [-0.15, -0.1) is 0 Å². The van der Waals surface area contributed by atoms with Gasteiger partial charge in [0.05, 0.1) is 34.3 Å². The summed E-state index contributed by atoms with van der Waals surface area (Å²) in [5.41, 5.74) is 9.57. The molecule has 1 atom stereocenters. The van der Waals surface area contributed by atoms with Crippen molar-refractivity contribution < 1.29 is 0 Å². The van der Waals surface area contributed by atoms with Crippen molar-refractivity contribution in [3.05, 3.63) is 186 Å². The fraction of sp³-hybridized carbons (Fsp3) is 0.0435. The van der Waals surface area contributed by atoms with Crippen molar-refractivity contribution in [3.8, 4) is 27.9 Å². The Morgan fingerprint density at radius 2 is 0.898 bits per heavy atom. The van der Waals surface area contributed by atoms with Gasteiger partial charge in [0.1, 0.15) is 0 Å². The molecule has 1 aliphatic heterocycles. The summed E-state index contributed by atoms with van der Waals surface area (Å²) < 4.78 is 2.40. The monoisotopic (exact) mass is 625 g/mol. The van der Waals surface area contributed by atoms with Crippen LogP contribution in [0.5, 0.6) is 0 Å². The van der Waals surface area contributed by atoms with Gasteiger partial charge >= 0.3 is 0 Å². The number of fused-ring (bicyclic) bond motifs is 9. The summed E-state index contributed by atoms with van der Waals surface area (Å²) in [7, 11) is 0. The minimum absolute atomic E-state index is 0.0360. The van der Waals surface area contributed by atoms with Crippen LogP contribution in [0.4, 0.5) is 0 Å². The number of aromatic nitrogens is 1. The molecule has 0 fully saturated rings. The Kier molecular flexibility index (Phi) is 6.31. The molecule has 0 aliphatic carbocycles. The molecule has 1 unspecified atom stereocenters. The highest BCUT2D eigenvalue weighted by molar-refractivity contribution is 6.11. The highest BCUT2D eigenvalue weighted by Gasteiger charge is 2.18. The van der Waals surface area contributed by atoms with Crippen LogP contribution >= 0.6 is 0 Å². The number of nitrogens with zero attached hydrogens (tertiary/aromatic N) is 3. The van der Waals surface area contributed by atoms with Gasteiger partial charge in [0.25, 0.3) is 0 Å². The predicted octanol–water partition coefficient (Wildman–Crippen LogP) is 10.4. The topological polar surface area (TPSA) is 29.6 Å². The van der Waals surface area contributed by atoms with Crippen LogP contribution in [0.1, 0.15) is 11.6 Å². The van der Waals surface area contributed by atoms with Gasteiger partial charge in [-0.1, -0.05) is 133 Å². The van der Waals surface area contributed by atoms with E-state index < -0.39 is 0 Å². The average molecular weight is 626 g/mol. The molecule has 1 aliphatic rings. The third kappa shape index (κ3) is 4.51. The van der Waals surface area contributed by atoms with E-state index >= 15 is 0 Å². The van der Waals surface area contributed by atoms with Crippen molar-refractivity contribution in [2.75, 3.05) is 6.54 Å². The van der Waals surface area contributed by atoms with E-state index in [2.05, 4.69) is 174 Å². The SMILES string of the molecule is c1ccc(-c2ccc3c(c2)c2cc(-c4ccccc4)ccc2n3-c2ccc(C3CN=c4c(c5ccccc5c5ccccc45)=N3)cc2)cc1. The lowest BCUT2D eigenvalue weighted by Crippen LogP contribution is -2.32. The van der Waals surface area contributed by atoms with Crippen LogP contribution in [0.2, 0.25) is 0 Å². The Balaban J connectivity index is 1.11. The van der Waals surface area contributed by atoms with E-state index in [4.69, 9.17) is 9.98 Å². The summed E-state index contributed by atoms with van der Waals surface area (Å²) >= 11 is 0. The van der Waals surface area contributed by atoms with Crippen LogP contribution in [0.3, 0.4) is 0 Å². The van der Waals surface area contributed by atoms with E-state index in [1.807, 2.05) is 0 Å². The zero-order valence-electron chi connectivity index (χ0n) is 26.8. The summed E-state index contributed by atoms with van der Waals surface area (Å²) in [6.07, 6.45) is 0. The number of hydrogen-bond acceptors (Lipinski definition) is 2. The molecular formula is C46H31N3. The lowest BCUT2D eigenvalue weighted by atomic mass is 9.99. The molecule has 9 aromatic rings. The van der Waals surface area contributed by atoms with Crippen molar-refractivity contribution in [1.29, 1.82) is 0 Å². The molecule has 0 saturated carbocycles. The molecular weight excluding hydrogens is 595 g/mol. The highest BCUT2D eigenvalue weighted by atomic mass is 15.0. The van der Waals surface area contributed by atoms with Gasteiger partial charge in [-0.25, -0.2) is 0 Å². The first-order chi connectivity index (χ1) is 24.3. The van der Waals surface area contributed by atoms with E-state index in [0.717, 1.165) is 21.8 Å². The third-order valence-electron chi connectivity index (χ3n) is 10.1. The molecule has 10 rings (SSSR count). The Morgan fingerprint density at radius 3 is 1.45 bits per heavy atom. The Bertz CT molecular complexity index is 2740. The van der Waals surface area contributed by atoms with Crippen molar-refractivity contribution >= 4 is 43.4 Å². The molecule has 0 N–H and O–H groups in total. The van der Waals surface area contributed by atoms with Crippen molar-refractivity contribution in [3.63, 3.8) is 0 Å². The fourth-order valence-corrected chi connectivity index (χ4v) is 7.72. The summed E-state index contributed by atoms with van der Waals surface area (Å²) in [5, 5.41) is 9.30. The molecule has 0 radical (unpaired) electrons. The second-order valence-corrected chi connectivity index (χ2v) is 12.9. The summed E-state index contributed by atoms with van der Waals surface area (Å²) in [6.45, 7) is 0.634. The number of hydrogen-bond donors (Lipinski definition) is 0. The van der Waals surface area contributed by atoms with Crippen LogP contribution in [0.25, 0.3) is 71.3 Å². The normalized spacial score (nSPS) is 14.2. The third-order valence-corrected chi connectivity index (χ3v) is 10.1. The molecule has 3 heteroatoms. The molecule has 0 saturated heterocycles. The van der Waals surface area contributed by atoms with Crippen LogP contribution in [0.15, 0.2) is 180 Å². The van der Waals surface area contributed by atoms with E-state index in [-0.39, 0.29) is 6.04 Å². The Morgan fingerprint density at radius 1 is 0.408 bits per heavy atom. The van der Waals surface area contributed by atoms with E-state index in [0.29, 0.717) is 6.54 Å². The smallest absolute Gasteiger partial charge is 0.0952 e. The molecule has 2 heterocycles. The average Bonchev–Trinajstić information content (AvgIpc) is 3.51. The molecule has 3 nitrogen and oxygen atoms in total. The summed E-state index contributed by atoms with van der Waals surface area (Å²) in [4.78, 5) is 10.5. The van der Waals surface area contributed by atoms with Crippen LogP contribution in [0, 0.1) is 0 Å². The van der Waals surface area contributed by atoms with Gasteiger partial charge in [-0.05, 0) is 75.0 Å². The lowest BCUT2D eigenvalue weighted by Gasteiger charge is -2.17. The van der Waals surface area contributed by atoms with Gasteiger partial charge < -0.3 is 4.57 Å². The van der Waals surface area contributed by atoms with E-state index in [9.17, 15) is 0 Å². The van der Waals surface area contributed by atoms with E-state index in [1.54, 1.807) is 0 Å². The fourth-order valence-electron chi connectivity index (χ4n) is 7.72. The second kappa shape index (κ2) is 11.1. The van der Waals surface area contributed by atoms with Crippen molar-refractivity contribution in [2.24, 2.45) is 9.98 Å². The molecule has 230 valence electrons. The Hall–Kier alpha value is -6.32. The van der Waals surface area contributed by atoms with E-state index in [1.165, 1.54) is 65.8 Å². The van der Waals surface area contributed by atoms with Gasteiger partial charge in [0.2, 0.25) is 0 Å². The maximum atomic E-state index is 5.36. The minimum atomic E-state index is -0.0360. The van der Waals surface area contributed by atoms with Crippen LogP contribution in [-0.2, 0) is 0 Å². The molecule has 1 aromatic heterocycles. The zero-order valence-corrected chi connectivity index (χ0v) is 26.8. The first-order valence-corrected chi connectivity index (χ1v) is 16.9. The maximum absolute atomic E-state index is 5.36. The Labute approximate surface area is 283 Å². The highest BCUT2D eigenvalue weighted by Crippen LogP contribution is 2.37. The largest absolute Gasteiger partial charge is 0.309 e. The first kappa shape index (κ1) is 27.8. The minimum Gasteiger partial charge on any atom is -0.309 e. The van der Waals surface area contributed by atoms with Gasteiger partial charge in [-0.3, -0.25) is 9.98 Å². The predicted molar refractivity (Wildman–Crippen MR) is 203 cm³/mol. The van der Waals surface area contributed by atoms with Crippen LogP contribution in [-0.4, -0.2) is 11.1 Å². The summed E-state index contributed by atoms with van der Waals surface area (Å²) in [5.74, 6) is 0. The molecule has 0 bridgehead atoms. The second-order valence-electron chi connectivity index (χ2n) is 12.9. The quantitative estimate of drug-likeness (QED) is 0.174. The molecule has 49 heavy (non-hydrogen) atoms. The number of benzene rings is 8. The van der Waals surface area contributed by atoms with Gasteiger partial charge in [0, 0.05) is 27.2 Å². The standard InChI is InChI=1S/C46H31N3/c1-3-11-30(12-4-1)33-21-25-43-40(27-33)41-28-34(31-13-5-2-6-14-31)22-26-44(41)49(43)35-23-19-32(20-24-35)42-29-47-45-38-17-9-7-15-36(38)37-16-8-10-18-39(37)46(45)48-42/h1-28,42H,29H2. The summed E-state index contributed by atoms with van der Waals surface area (Å²) in [6, 6.07) is 61.1. The van der Waals surface area contributed by atoms with Crippen LogP contribution < -0.4 is 10.7 Å². The van der Waals surface area contributed by atoms with Gasteiger partial charge in [-0.2, -0.15) is 0 Å². The van der Waals surface area contributed by atoms with Gasteiger partial charge in [0.15, 0.2) is 0 Å². The van der Waals surface area contributed by atoms with Crippen molar-refractivity contribution in [1.82, 2.24) is 4.57 Å². The molecule has 0 amide bonds. The number of rotatable bonds is 4. The zero-order chi connectivity index (χ0) is 32.3. The molecule has 8 aromatic carbocycles. The molecule has 0 spiro atoms. The lowest BCUT2D eigenvalue weighted by molar-refractivity contribution is 0.685. The maximum Gasteiger partial charge on any atom is 0.0952 e. The first-order valence-electron chi connectivity index (χ1n) is 16.9. The van der Waals surface area contributed by atoms with Crippen molar-refractivity contribution in [2.45, 2.75) is 6.04 Å².